The van der Waals surface area contributed by atoms with Gasteiger partial charge in [0.1, 0.15) is 5.75 Å². The van der Waals surface area contributed by atoms with Gasteiger partial charge in [-0.25, -0.2) is 10.2 Å². The molecule has 0 bridgehead atoms. The Morgan fingerprint density at radius 3 is 2.68 bits per heavy atom. The van der Waals surface area contributed by atoms with Crippen molar-refractivity contribution < 1.29 is 14.3 Å². The van der Waals surface area contributed by atoms with Crippen LogP contribution in [0.1, 0.15) is 32.3 Å². The van der Waals surface area contributed by atoms with Crippen LogP contribution in [-0.2, 0) is 4.74 Å². The summed E-state index contributed by atoms with van der Waals surface area (Å²) < 4.78 is 10.2. The Morgan fingerprint density at radius 2 is 2.05 bits per heavy atom. The van der Waals surface area contributed by atoms with E-state index in [1.807, 2.05) is 24.3 Å². The van der Waals surface area contributed by atoms with Gasteiger partial charge >= 0.3 is 6.09 Å². The topological polar surface area (TPSA) is 59.9 Å². The first-order valence-electron chi connectivity index (χ1n) is 6.45. The average Bonchev–Trinajstić information content (AvgIpc) is 2.41. The lowest BCUT2D eigenvalue weighted by Gasteiger charge is -2.04. The molecule has 104 valence electrons. The number of hydrazone groups is 1. The first-order chi connectivity index (χ1) is 9.26. The Balaban J connectivity index is 2.39. The van der Waals surface area contributed by atoms with E-state index < -0.39 is 6.09 Å². The van der Waals surface area contributed by atoms with E-state index in [1.54, 1.807) is 13.1 Å². The molecule has 0 saturated carbocycles. The molecule has 1 aromatic carbocycles. The summed E-state index contributed by atoms with van der Waals surface area (Å²) in [5, 5.41) is 3.77. The lowest BCUT2D eigenvalue weighted by Crippen LogP contribution is -2.18. The zero-order valence-corrected chi connectivity index (χ0v) is 11.4. The van der Waals surface area contributed by atoms with Crippen LogP contribution in [0.5, 0.6) is 5.75 Å². The minimum absolute atomic E-state index is 0.325. The van der Waals surface area contributed by atoms with Crippen molar-refractivity contribution in [2.45, 2.75) is 26.7 Å². The molecule has 0 radical (unpaired) electrons. The number of benzene rings is 1. The SMILES string of the molecule is CCCCOc1ccc(/C=N/NC(=O)OCC)cc1. The summed E-state index contributed by atoms with van der Waals surface area (Å²) >= 11 is 0. The van der Waals surface area contributed by atoms with E-state index in [0.717, 1.165) is 30.8 Å². The predicted molar refractivity (Wildman–Crippen MR) is 74.6 cm³/mol. The van der Waals surface area contributed by atoms with Gasteiger partial charge in [0.15, 0.2) is 0 Å². The van der Waals surface area contributed by atoms with E-state index in [2.05, 4.69) is 22.2 Å². The molecule has 0 aromatic heterocycles. The minimum Gasteiger partial charge on any atom is -0.494 e. The zero-order valence-electron chi connectivity index (χ0n) is 11.4. The van der Waals surface area contributed by atoms with Crippen LogP contribution in [0.15, 0.2) is 29.4 Å². The molecule has 0 aliphatic carbocycles. The summed E-state index contributed by atoms with van der Waals surface area (Å²) in [5.41, 5.74) is 3.14. The second-order valence-electron chi connectivity index (χ2n) is 3.86. The second-order valence-corrected chi connectivity index (χ2v) is 3.86. The Morgan fingerprint density at radius 1 is 1.32 bits per heavy atom. The summed E-state index contributed by atoms with van der Waals surface area (Å²) in [6.45, 7) is 4.92. The van der Waals surface area contributed by atoms with Crippen molar-refractivity contribution in [3.05, 3.63) is 29.8 Å². The van der Waals surface area contributed by atoms with Crippen molar-refractivity contribution in [3.63, 3.8) is 0 Å². The van der Waals surface area contributed by atoms with Crippen molar-refractivity contribution in [1.82, 2.24) is 5.43 Å². The Bertz CT molecular complexity index is 402. The van der Waals surface area contributed by atoms with E-state index in [-0.39, 0.29) is 0 Å². The molecule has 1 aromatic rings. The highest BCUT2D eigenvalue weighted by atomic mass is 16.5. The van der Waals surface area contributed by atoms with Gasteiger partial charge < -0.3 is 9.47 Å². The molecular weight excluding hydrogens is 244 g/mol. The first kappa shape index (κ1) is 15.0. The number of unbranched alkanes of at least 4 members (excludes halogenated alkanes) is 1. The molecule has 0 unspecified atom stereocenters. The third-order valence-corrected chi connectivity index (χ3v) is 2.29. The molecule has 0 saturated heterocycles. The molecule has 1 amide bonds. The third-order valence-electron chi connectivity index (χ3n) is 2.29. The molecular formula is C14H20N2O3. The van der Waals surface area contributed by atoms with Crippen LogP contribution in [0.25, 0.3) is 0 Å². The normalized spacial score (nSPS) is 10.4. The number of carbonyl (C=O) groups excluding carboxylic acids is 1. The number of hydrogen-bond donors (Lipinski definition) is 1. The summed E-state index contributed by atoms with van der Waals surface area (Å²) in [4.78, 5) is 11.0. The summed E-state index contributed by atoms with van der Waals surface area (Å²) in [6.07, 6.45) is 3.15. The number of rotatable bonds is 7. The standard InChI is InChI=1S/C14H20N2O3/c1-3-5-10-19-13-8-6-12(7-9-13)11-15-16-14(17)18-4-2/h6-9,11H,3-5,10H2,1-2H3,(H,16,17)/b15-11+. The van der Waals surface area contributed by atoms with E-state index in [4.69, 9.17) is 4.74 Å². The molecule has 0 fully saturated rings. The fourth-order valence-corrected chi connectivity index (χ4v) is 1.31. The minimum atomic E-state index is -0.557. The van der Waals surface area contributed by atoms with Gasteiger partial charge in [0.25, 0.3) is 0 Å². The fourth-order valence-electron chi connectivity index (χ4n) is 1.31. The number of ether oxygens (including phenoxy) is 2. The van der Waals surface area contributed by atoms with Gasteiger partial charge in [0.05, 0.1) is 19.4 Å². The highest BCUT2D eigenvalue weighted by Gasteiger charge is 1.96. The summed E-state index contributed by atoms with van der Waals surface area (Å²) in [7, 11) is 0. The molecule has 0 aliphatic rings. The van der Waals surface area contributed by atoms with E-state index in [1.165, 1.54) is 0 Å². The van der Waals surface area contributed by atoms with Gasteiger partial charge in [-0.15, -0.1) is 0 Å². The Hall–Kier alpha value is -2.04. The molecule has 1 rings (SSSR count). The summed E-state index contributed by atoms with van der Waals surface area (Å²) in [6, 6.07) is 7.50. The van der Waals surface area contributed by atoms with E-state index in [0.29, 0.717) is 6.61 Å². The third kappa shape index (κ3) is 6.45. The number of nitrogens with one attached hydrogen (secondary N) is 1. The van der Waals surface area contributed by atoms with Gasteiger partial charge in [-0.2, -0.15) is 5.10 Å². The summed E-state index contributed by atoms with van der Waals surface area (Å²) in [5.74, 6) is 0.837. The number of nitrogens with zero attached hydrogens (tertiary/aromatic N) is 1. The van der Waals surface area contributed by atoms with Crippen molar-refractivity contribution in [2.75, 3.05) is 13.2 Å². The van der Waals surface area contributed by atoms with E-state index in [9.17, 15) is 4.79 Å². The van der Waals surface area contributed by atoms with Crippen LogP contribution >= 0.6 is 0 Å². The Kier molecular flexibility index (Phi) is 7.09. The molecule has 0 heterocycles. The molecule has 1 N–H and O–H groups in total. The molecule has 5 heteroatoms. The maximum absolute atomic E-state index is 11.0. The van der Waals surface area contributed by atoms with Crippen LogP contribution in [0.2, 0.25) is 0 Å². The maximum Gasteiger partial charge on any atom is 0.427 e. The van der Waals surface area contributed by atoms with Crippen molar-refractivity contribution in [2.24, 2.45) is 5.10 Å². The van der Waals surface area contributed by atoms with Crippen molar-refractivity contribution in [3.8, 4) is 5.75 Å². The smallest absolute Gasteiger partial charge is 0.427 e. The fraction of sp³-hybridized carbons (Fsp3) is 0.429. The lowest BCUT2D eigenvalue weighted by molar-refractivity contribution is 0.152. The number of carbonyl (C=O) groups is 1. The van der Waals surface area contributed by atoms with Gasteiger partial charge in [0, 0.05) is 0 Å². The largest absolute Gasteiger partial charge is 0.494 e. The molecule has 0 atom stereocenters. The highest BCUT2D eigenvalue weighted by molar-refractivity contribution is 5.80. The van der Waals surface area contributed by atoms with Gasteiger partial charge in [-0.05, 0) is 43.2 Å². The van der Waals surface area contributed by atoms with Crippen LogP contribution in [-0.4, -0.2) is 25.5 Å². The van der Waals surface area contributed by atoms with Gasteiger partial charge in [-0.1, -0.05) is 13.3 Å². The molecule has 19 heavy (non-hydrogen) atoms. The molecule has 0 aliphatic heterocycles. The van der Waals surface area contributed by atoms with Crippen LogP contribution in [0, 0.1) is 0 Å². The van der Waals surface area contributed by atoms with Crippen molar-refractivity contribution in [1.29, 1.82) is 0 Å². The molecule has 5 nitrogen and oxygen atoms in total. The van der Waals surface area contributed by atoms with Crippen molar-refractivity contribution >= 4 is 12.3 Å². The predicted octanol–water partition coefficient (Wildman–Crippen LogP) is 2.95. The maximum atomic E-state index is 11.0. The van der Waals surface area contributed by atoms with Crippen LogP contribution in [0.4, 0.5) is 4.79 Å². The number of amides is 1. The lowest BCUT2D eigenvalue weighted by atomic mass is 10.2. The quantitative estimate of drug-likeness (QED) is 0.468. The Labute approximate surface area is 113 Å². The van der Waals surface area contributed by atoms with Gasteiger partial charge in [0.2, 0.25) is 0 Å². The van der Waals surface area contributed by atoms with Crippen LogP contribution < -0.4 is 10.2 Å². The van der Waals surface area contributed by atoms with Crippen LogP contribution in [0.3, 0.4) is 0 Å². The first-order valence-corrected chi connectivity index (χ1v) is 6.45. The molecule has 0 spiro atoms. The second kappa shape index (κ2) is 8.97. The monoisotopic (exact) mass is 264 g/mol. The highest BCUT2D eigenvalue weighted by Crippen LogP contribution is 2.11. The van der Waals surface area contributed by atoms with E-state index >= 15 is 0 Å². The zero-order chi connectivity index (χ0) is 13.9. The van der Waals surface area contributed by atoms with Gasteiger partial charge in [-0.3, -0.25) is 0 Å². The number of hydrogen-bond acceptors (Lipinski definition) is 4. The average molecular weight is 264 g/mol.